The molecule has 0 aromatic heterocycles. The van der Waals surface area contributed by atoms with E-state index in [-0.39, 0.29) is 33.5 Å². The van der Waals surface area contributed by atoms with E-state index in [9.17, 15) is 22.3 Å². The Morgan fingerprint density at radius 3 is 2.59 bits per heavy atom. The van der Waals surface area contributed by atoms with Crippen LogP contribution in [0.4, 0.5) is 14.5 Å². The van der Waals surface area contributed by atoms with Crippen molar-refractivity contribution >= 4 is 39.0 Å². The van der Waals surface area contributed by atoms with Gasteiger partial charge in [0.25, 0.3) is 10.0 Å². The molecule has 1 N–H and O–H groups in total. The maximum atomic E-state index is 14.5. The normalized spacial score (nSPS) is 16.1. The van der Waals surface area contributed by atoms with Crippen LogP contribution in [0.3, 0.4) is 0 Å². The Kier molecular flexibility index (Phi) is 8.25. The molecule has 10 heteroatoms. The summed E-state index contributed by atoms with van der Waals surface area (Å²) in [5, 5.41) is 10.5. The quantitative estimate of drug-likeness (QED) is 0.302. The lowest BCUT2D eigenvalue weighted by molar-refractivity contribution is 0.0534. The van der Waals surface area contributed by atoms with Crippen molar-refractivity contribution in [2.75, 3.05) is 18.0 Å². The first-order chi connectivity index (χ1) is 18.3. The molecule has 4 rings (SSSR count). The summed E-state index contributed by atoms with van der Waals surface area (Å²) in [6.07, 6.45) is 1.95. The summed E-state index contributed by atoms with van der Waals surface area (Å²) in [5.74, 6) is -1.02. The molecule has 1 atom stereocenters. The molecule has 3 aromatic carbocycles. The van der Waals surface area contributed by atoms with Crippen LogP contribution < -0.4 is 13.8 Å². The van der Waals surface area contributed by atoms with Crippen molar-refractivity contribution in [3.05, 3.63) is 82.4 Å². The van der Waals surface area contributed by atoms with Gasteiger partial charge in [-0.1, -0.05) is 29.8 Å². The first kappa shape index (κ1) is 28.9. The molecule has 1 aliphatic rings. The third-order valence-corrected chi connectivity index (χ3v) is 8.53. The first-order valence-corrected chi connectivity index (χ1v) is 14.1. The highest BCUT2D eigenvalue weighted by Gasteiger charge is 2.35. The molecule has 0 saturated heterocycles. The van der Waals surface area contributed by atoms with Crippen molar-refractivity contribution in [1.82, 2.24) is 0 Å². The molecule has 0 saturated carbocycles. The summed E-state index contributed by atoms with van der Waals surface area (Å²) in [6, 6.07) is 12.8. The Balaban J connectivity index is 1.79. The van der Waals surface area contributed by atoms with Crippen LogP contribution in [-0.4, -0.2) is 38.9 Å². The molecule has 1 heterocycles. The molecule has 0 aliphatic carbocycles. The van der Waals surface area contributed by atoms with Crippen molar-refractivity contribution in [2.45, 2.75) is 50.2 Å². The van der Waals surface area contributed by atoms with E-state index in [1.807, 2.05) is 0 Å². The second-order valence-electron chi connectivity index (χ2n) is 10.1. The van der Waals surface area contributed by atoms with Gasteiger partial charge in [0.1, 0.15) is 17.7 Å². The van der Waals surface area contributed by atoms with Gasteiger partial charge in [0, 0.05) is 11.6 Å². The number of sulfonamides is 1. The Morgan fingerprint density at radius 1 is 1.18 bits per heavy atom. The second-order valence-corrected chi connectivity index (χ2v) is 12.3. The van der Waals surface area contributed by atoms with Crippen LogP contribution in [0.5, 0.6) is 11.5 Å². The van der Waals surface area contributed by atoms with E-state index < -0.39 is 33.4 Å². The zero-order chi connectivity index (χ0) is 28.5. The highest BCUT2D eigenvalue weighted by atomic mass is 35.5. The molecular formula is C29H30ClF2NO5S. The number of hydrogen-bond donors (Lipinski definition) is 1. The van der Waals surface area contributed by atoms with Gasteiger partial charge in [0.2, 0.25) is 0 Å². The topological polar surface area (TPSA) is 76.1 Å². The van der Waals surface area contributed by atoms with Gasteiger partial charge < -0.3 is 14.6 Å². The molecule has 1 unspecified atom stereocenters. The highest BCUT2D eigenvalue weighted by Crippen LogP contribution is 2.40. The smallest absolute Gasteiger partial charge is 0.264 e. The summed E-state index contributed by atoms with van der Waals surface area (Å²) >= 11 is 6.23. The highest BCUT2D eigenvalue weighted by molar-refractivity contribution is 7.92. The van der Waals surface area contributed by atoms with E-state index in [1.54, 1.807) is 51.1 Å². The number of allylic oxidation sites excluding steroid dienone is 1. The summed E-state index contributed by atoms with van der Waals surface area (Å²) in [7, 11) is -2.92. The van der Waals surface area contributed by atoms with Crippen molar-refractivity contribution in [2.24, 2.45) is 0 Å². The number of nitrogens with zero attached hydrogens (tertiary/aromatic N) is 1. The minimum Gasteiger partial charge on any atom is -0.494 e. The number of hydrogen-bond acceptors (Lipinski definition) is 5. The lowest BCUT2D eigenvalue weighted by Gasteiger charge is -2.36. The Hall–Kier alpha value is -3.14. The van der Waals surface area contributed by atoms with Crippen LogP contribution in [0.2, 0.25) is 5.02 Å². The number of benzene rings is 3. The minimum atomic E-state index is -4.18. The van der Waals surface area contributed by atoms with Gasteiger partial charge in [-0.3, -0.25) is 4.31 Å². The molecule has 0 amide bonds. The van der Waals surface area contributed by atoms with E-state index in [1.165, 1.54) is 29.6 Å². The van der Waals surface area contributed by atoms with Gasteiger partial charge in [0.05, 0.1) is 34.9 Å². The van der Waals surface area contributed by atoms with Crippen molar-refractivity contribution in [3.63, 3.8) is 0 Å². The number of rotatable bonds is 8. The number of anilines is 1. The van der Waals surface area contributed by atoms with E-state index in [0.717, 1.165) is 12.1 Å². The van der Waals surface area contributed by atoms with Crippen molar-refractivity contribution in [3.8, 4) is 11.5 Å². The number of aliphatic hydroxyl groups is 1. The molecule has 3 aromatic rings. The Labute approximate surface area is 232 Å². The molecule has 1 aliphatic heterocycles. The van der Waals surface area contributed by atoms with E-state index >= 15 is 0 Å². The van der Waals surface area contributed by atoms with E-state index in [4.69, 9.17) is 21.1 Å². The molecule has 208 valence electrons. The molecule has 0 bridgehead atoms. The zero-order valence-electron chi connectivity index (χ0n) is 22.0. The van der Waals surface area contributed by atoms with E-state index in [0.29, 0.717) is 29.7 Å². The van der Waals surface area contributed by atoms with Crippen LogP contribution in [-0.2, 0) is 10.0 Å². The summed E-state index contributed by atoms with van der Waals surface area (Å²) in [5.41, 5.74) is 0.718. The van der Waals surface area contributed by atoms with E-state index in [2.05, 4.69) is 0 Å². The third kappa shape index (κ3) is 6.37. The van der Waals surface area contributed by atoms with Crippen LogP contribution in [0.25, 0.3) is 11.6 Å². The summed E-state index contributed by atoms with van der Waals surface area (Å²) in [4.78, 5) is -0.148. The standard InChI is InChI=1S/C29H30ClF2NO5S/c1-18(28-22(30)6-5-7-24(28)32)14-19-8-11-26-25(15-19)33(17-20(38-26)12-13-29(2,3)34)39(35,36)21-9-10-23(31)27(16-21)37-4/h5-11,14-16,20,34H,12-13,17H2,1-4H3. The number of methoxy groups -OCH3 is 1. The molecule has 0 radical (unpaired) electrons. The van der Waals surface area contributed by atoms with Crippen molar-refractivity contribution < 1.29 is 31.8 Å². The Bertz CT molecular complexity index is 1500. The van der Waals surface area contributed by atoms with Gasteiger partial charge in [-0.15, -0.1) is 0 Å². The monoisotopic (exact) mass is 577 g/mol. The SMILES string of the molecule is COc1cc(S(=O)(=O)N2CC(CCC(C)(C)O)Oc3ccc(C=C(C)c4c(F)cccc4Cl)cc32)ccc1F. The summed E-state index contributed by atoms with van der Waals surface area (Å²) in [6.45, 7) is 5.03. The average molecular weight is 578 g/mol. The van der Waals surface area contributed by atoms with Crippen LogP contribution in [0.1, 0.15) is 44.7 Å². The first-order valence-electron chi connectivity index (χ1n) is 12.3. The van der Waals surface area contributed by atoms with Crippen molar-refractivity contribution in [1.29, 1.82) is 0 Å². The fourth-order valence-corrected chi connectivity index (χ4v) is 6.26. The number of ether oxygens (including phenoxy) is 2. The molecule has 0 spiro atoms. The van der Waals surface area contributed by atoms with Gasteiger partial charge in [-0.25, -0.2) is 17.2 Å². The number of fused-ring (bicyclic) bond motifs is 1. The average Bonchev–Trinajstić information content (AvgIpc) is 2.86. The maximum Gasteiger partial charge on any atom is 0.264 e. The van der Waals surface area contributed by atoms with Crippen LogP contribution in [0, 0.1) is 11.6 Å². The van der Waals surface area contributed by atoms with Gasteiger partial charge in [-0.05, 0) is 81.1 Å². The van der Waals surface area contributed by atoms with Crippen LogP contribution in [0.15, 0.2) is 59.5 Å². The predicted molar refractivity (Wildman–Crippen MR) is 149 cm³/mol. The maximum absolute atomic E-state index is 14.5. The second kappa shape index (κ2) is 11.2. The zero-order valence-corrected chi connectivity index (χ0v) is 23.6. The Morgan fingerprint density at radius 2 is 1.92 bits per heavy atom. The lowest BCUT2D eigenvalue weighted by atomic mass is 9.99. The largest absolute Gasteiger partial charge is 0.494 e. The lowest BCUT2D eigenvalue weighted by Crippen LogP contribution is -2.44. The van der Waals surface area contributed by atoms with Gasteiger partial charge in [0.15, 0.2) is 11.6 Å². The molecule has 6 nitrogen and oxygen atoms in total. The third-order valence-electron chi connectivity index (χ3n) is 6.44. The molecule has 0 fully saturated rings. The summed E-state index contributed by atoms with van der Waals surface area (Å²) < 4.78 is 68.7. The number of halogens is 3. The fraction of sp³-hybridized carbons (Fsp3) is 0.310. The van der Waals surface area contributed by atoms with Gasteiger partial charge >= 0.3 is 0 Å². The molecule has 39 heavy (non-hydrogen) atoms. The predicted octanol–water partition coefficient (Wildman–Crippen LogP) is 6.69. The minimum absolute atomic E-state index is 0.0314. The van der Waals surface area contributed by atoms with Crippen LogP contribution >= 0.6 is 11.6 Å². The fourth-order valence-electron chi connectivity index (χ4n) is 4.44. The molecular weight excluding hydrogens is 548 g/mol. The van der Waals surface area contributed by atoms with Gasteiger partial charge in [-0.2, -0.15) is 0 Å².